The molecule has 18 heavy (non-hydrogen) atoms. The van der Waals surface area contributed by atoms with Crippen LogP contribution in [0.25, 0.3) is 10.6 Å². The first-order valence-electron chi connectivity index (χ1n) is 6.52. The van der Waals surface area contributed by atoms with E-state index < -0.39 is 0 Å². The van der Waals surface area contributed by atoms with Crippen molar-refractivity contribution in [3.05, 3.63) is 40.9 Å². The normalized spacial score (nSPS) is 12.6. The Balaban J connectivity index is 2.18. The molecule has 0 radical (unpaired) electrons. The van der Waals surface area contributed by atoms with Crippen molar-refractivity contribution in [2.24, 2.45) is 0 Å². The van der Waals surface area contributed by atoms with E-state index in [2.05, 4.69) is 55.7 Å². The molecule has 1 unspecified atom stereocenters. The Morgan fingerprint density at radius 1 is 1.22 bits per heavy atom. The molecule has 2 rings (SSSR count). The molecule has 0 aliphatic carbocycles. The topological polar surface area (TPSA) is 24.9 Å². The molecule has 2 nitrogen and oxygen atoms in total. The van der Waals surface area contributed by atoms with Crippen molar-refractivity contribution in [3.8, 4) is 10.6 Å². The Morgan fingerprint density at radius 3 is 2.56 bits per heavy atom. The van der Waals surface area contributed by atoms with Crippen molar-refractivity contribution in [2.45, 2.75) is 33.2 Å². The number of nitrogens with zero attached hydrogens (tertiary/aromatic N) is 1. The maximum Gasteiger partial charge on any atom is 0.123 e. The van der Waals surface area contributed by atoms with E-state index in [0.29, 0.717) is 6.04 Å². The van der Waals surface area contributed by atoms with Crippen LogP contribution in [0.5, 0.6) is 0 Å². The highest BCUT2D eigenvalue weighted by atomic mass is 32.1. The number of aryl methyl sites for hydroxylation is 1. The fourth-order valence-electron chi connectivity index (χ4n) is 1.91. The van der Waals surface area contributed by atoms with Crippen molar-refractivity contribution in [1.82, 2.24) is 10.3 Å². The minimum absolute atomic E-state index is 0.329. The van der Waals surface area contributed by atoms with Crippen LogP contribution in [0, 0.1) is 0 Å². The summed E-state index contributed by atoms with van der Waals surface area (Å²) in [7, 11) is 0. The second-order valence-electron chi connectivity index (χ2n) is 4.41. The highest BCUT2D eigenvalue weighted by Gasteiger charge is 2.09. The molecule has 2 aromatic rings. The van der Waals surface area contributed by atoms with Crippen LogP contribution in [0.2, 0.25) is 0 Å². The molecule has 3 heteroatoms. The van der Waals surface area contributed by atoms with E-state index in [1.54, 1.807) is 11.3 Å². The van der Waals surface area contributed by atoms with Gasteiger partial charge < -0.3 is 5.32 Å². The van der Waals surface area contributed by atoms with Crippen molar-refractivity contribution in [2.75, 3.05) is 6.54 Å². The van der Waals surface area contributed by atoms with Gasteiger partial charge in [0.1, 0.15) is 5.01 Å². The number of aromatic nitrogens is 1. The Kier molecular flexibility index (Phi) is 4.50. The fourth-order valence-corrected chi connectivity index (χ4v) is 2.83. The van der Waals surface area contributed by atoms with E-state index in [9.17, 15) is 0 Å². The Labute approximate surface area is 113 Å². The van der Waals surface area contributed by atoms with Crippen LogP contribution in [0.4, 0.5) is 0 Å². The summed E-state index contributed by atoms with van der Waals surface area (Å²) in [6, 6.07) is 9.03. The summed E-state index contributed by atoms with van der Waals surface area (Å²) in [5, 5.41) is 6.65. The highest BCUT2D eigenvalue weighted by molar-refractivity contribution is 7.13. The van der Waals surface area contributed by atoms with Crippen LogP contribution < -0.4 is 5.32 Å². The molecule has 1 aromatic heterocycles. The van der Waals surface area contributed by atoms with E-state index in [0.717, 1.165) is 23.7 Å². The molecule has 0 aliphatic heterocycles. The van der Waals surface area contributed by atoms with Crippen LogP contribution >= 0.6 is 11.3 Å². The van der Waals surface area contributed by atoms with Crippen LogP contribution in [-0.4, -0.2) is 11.5 Å². The first-order chi connectivity index (χ1) is 8.74. The summed E-state index contributed by atoms with van der Waals surface area (Å²) in [5.41, 5.74) is 3.72. The van der Waals surface area contributed by atoms with Gasteiger partial charge in [-0.1, -0.05) is 38.1 Å². The maximum absolute atomic E-state index is 4.71. The summed E-state index contributed by atoms with van der Waals surface area (Å²) in [5.74, 6) is 0. The number of hydrogen-bond acceptors (Lipinski definition) is 3. The minimum Gasteiger partial charge on any atom is -0.309 e. The van der Waals surface area contributed by atoms with Gasteiger partial charge >= 0.3 is 0 Å². The van der Waals surface area contributed by atoms with Gasteiger partial charge in [-0.25, -0.2) is 4.98 Å². The summed E-state index contributed by atoms with van der Waals surface area (Å²) in [6.07, 6.45) is 1.08. The monoisotopic (exact) mass is 260 g/mol. The SMILES string of the molecule is CCNC(C)c1csc(-c2ccc(CC)cc2)n1. The minimum atomic E-state index is 0.329. The molecule has 0 spiro atoms. The Morgan fingerprint density at radius 2 is 1.94 bits per heavy atom. The quantitative estimate of drug-likeness (QED) is 0.877. The van der Waals surface area contributed by atoms with Gasteiger partial charge in [0.25, 0.3) is 0 Å². The lowest BCUT2D eigenvalue weighted by atomic mass is 10.1. The van der Waals surface area contributed by atoms with Gasteiger partial charge in [-0.05, 0) is 25.5 Å². The maximum atomic E-state index is 4.71. The van der Waals surface area contributed by atoms with Crippen LogP contribution in [-0.2, 0) is 6.42 Å². The number of rotatable bonds is 5. The highest BCUT2D eigenvalue weighted by Crippen LogP contribution is 2.26. The smallest absolute Gasteiger partial charge is 0.123 e. The second-order valence-corrected chi connectivity index (χ2v) is 5.27. The number of benzene rings is 1. The second kappa shape index (κ2) is 6.12. The van der Waals surface area contributed by atoms with E-state index >= 15 is 0 Å². The molecule has 96 valence electrons. The van der Waals surface area contributed by atoms with Crippen LogP contribution in [0.15, 0.2) is 29.6 Å². The molecule has 0 saturated heterocycles. The van der Waals surface area contributed by atoms with Gasteiger partial charge in [0.05, 0.1) is 5.69 Å². The van der Waals surface area contributed by atoms with Crippen molar-refractivity contribution in [1.29, 1.82) is 0 Å². The van der Waals surface area contributed by atoms with Gasteiger partial charge in [-0.2, -0.15) is 0 Å². The van der Waals surface area contributed by atoms with Gasteiger partial charge in [0.15, 0.2) is 0 Å². The molecule has 0 saturated carbocycles. The summed E-state index contributed by atoms with van der Waals surface area (Å²) in [6.45, 7) is 7.42. The first kappa shape index (κ1) is 13.2. The average molecular weight is 260 g/mol. The molecular formula is C15H20N2S. The van der Waals surface area contributed by atoms with Gasteiger partial charge in [-0.15, -0.1) is 11.3 Å². The van der Waals surface area contributed by atoms with E-state index in [-0.39, 0.29) is 0 Å². The number of thiazole rings is 1. The molecule has 1 N–H and O–H groups in total. The molecular weight excluding hydrogens is 240 g/mol. The van der Waals surface area contributed by atoms with E-state index in [4.69, 9.17) is 4.98 Å². The lowest BCUT2D eigenvalue weighted by molar-refractivity contribution is 0.587. The number of nitrogens with one attached hydrogen (secondary N) is 1. The third-order valence-electron chi connectivity index (χ3n) is 3.09. The lowest BCUT2D eigenvalue weighted by Crippen LogP contribution is -2.17. The Bertz CT molecular complexity index is 487. The molecule has 1 heterocycles. The standard InChI is InChI=1S/C15H20N2S/c1-4-12-6-8-13(9-7-12)15-17-14(10-18-15)11(3)16-5-2/h6-11,16H,4-5H2,1-3H3. The predicted octanol–water partition coefficient (Wildman–Crippen LogP) is 4.04. The van der Waals surface area contributed by atoms with Crippen LogP contribution in [0.3, 0.4) is 0 Å². The average Bonchev–Trinajstić information content (AvgIpc) is 2.89. The largest absolute Gasteiger partial charge is 0.309 e. The zero-order valence-electron chi connectivity index (χ0n) is 11.2. The van der Waals surface area contributed by atoms with Crippen molar-refractivity contribution < 1.29 is 0 Å². The zero-order chi connectivity index (χ0) is 13.0. The predicted molar refractivity (Wildman–Crippen MR) is 79.0 cm³/mol. The molecule has 0 aliphatic rings. The van der Waals surface area contributed by atoms with E-state index in [1.807, 2.05) is 0 Å². The van der Waals surface area contributed by atoms with Gasteiger partial charge in [-0.3, -0.25) is 0 Å². The molecule has 0 amide bonds. The van der Waals surface area contributed by atoms with Gasteiger partial charge in [0, 0.05) is 17.0 Å². The third kappa shape index (κ3) is 2.98. The van der Waals surface area contributed by atoms with Crippen molar-refractivity contribution >= 4 is 11.3 Å². The summed E-state index contributed by atoms with van der Waals surface area (Å²) >= 11 is 1.72. The first-order valence-corrected chi connectivity index (χ1v) is 7.40. The Hall–Kier alpha value is -1.19. The third-order valence-corrected chi connectivity index (χ3v) is 3.99. The zero-order valence-corrected chi connectivity index (χ0v) is 12.1. The van der Waals surface area contributed by atoms with Crippen molar-refractivity contribution in [3.63, 3.8) is 0 Å². The fraction of sp³-hybridized carbons (Fsp3) is 0.400. The summed E-state index contributed by atoms with van der Waals surface area (Å²) < 4.78 is 0. The summed E-state index contributed by atoms with van der Waals surface area (Å²) in [4.78, 5) is 4.71. The van der Waals surface area contributed by atoms with Crippen LogP contribution in [0.1, 0.15) is 38.1 Å². The van der Waals surface area contributed by atoms with E-state index in [1.165, 1.54) is 11.1 Å². The van der Waals surface area contributed by atoms with Gasteiger partial charge in [0.2, 0.25) is 0 Å². The molecule has 1 aromatic carbocycles. The molecule has 1 atom stereocenters. The molecule has 0 fully saturated rings. The lowest BCUT2D eigenvalue weighted by Gasteiger charge is -2.08. The molecule has 0 bridgehead atoms. The number of hydrogen-bond donors (Lipinski definition) is 1.